The first-order valence-electron chi connectivity index (χ1n) is 5.23. The van der Waals surface area contributed by atoms with Crippen LogP contribution < -0.4 is 5.43 Å². The zero-order chi connectivity index (χ0) is 11.8. The van der Waals surface area contributed by atoms with Gasteiger partial charge in [0.2, 0.25) is 5.91 Å². The molecule has 4 nitrogen and oxygen atoms in total. The van der Waals surface area contributed by atoms with Gasteiger partial charge in [0.05, 0.1) is 12.3 Å². The van der Waals surface area contributed by atoms with Crippen LogP contribution in [0.15, 0.2) is 35.4 Å². The smallest absolute Gasteiger partial charge is 0.240 e. The molecule has 0 spiro atoms. The lowest BCUT2D eigenvalue weighted by atomic mass is 10.2. The van der Waals surface area contributed by atoms with Crippen LogP contribution in [0, 0.1) is 0 Å². The van der Waals surface area contributed by atoms with E-state index in [9.17, 15) is 4.79 Å². The minimum Gasteiger partial charge on any atom is -0.393 e. The van der Waals surface area contributed by atoms with Crippen LogP contribution in [-0.4, -0.2) is 23.3 Å². The zero-order valence-electron chi connectivity index (χ0n) is 9.26. The van der Waals surface area contributed by atoms with Crippen molar-refractivity contribution in [2.24, 2.45) is 5.10 Å². The first-order chi connectivity index (χ1) is 7.68. The summed E-state index contributed by atoms with van der Waals surface area (Å²) in [5.41, 5.74) is 3.33. The highest BCUT2D eigenvalue weighted by Gasteiger charge is 2.01. The second kappa shape index (κ2) is 6.74. The molecule has 0 fully saturated rings. The number of nitrogens with zero attached hydrogens (tertiary/aromatic N) is 1. The van der Waals surface area contributed by atoms with Crippen LogP contribution in [-0.2, 0) is 4.79 Å². The summed E-state index contributed by atoms with van der Waals surface area (Å²) in [5.74, 6) is -0.187. The highest BCUT2D eigenvalue weighted by atomic mass is 16.3. The highest BCUT2D eigenvalue weighted by molar-refractivity contribution is 5.82. The van der Waals surface area contributed by atoms with Crippen LogP contribution in [0.3, 0.4) is 0 Å². The first-order valence-corrected chi connectivity index (χ1v) is 5.23. The standard InChI is InChI=1S/C12H16N2O2/c1-10(15)7-8-12(16)14-13-9-11-5-3-2-4-6-11/h2-6,9-10,15H,7-8H2,1H3,(H,14,16)/b13-9-/t10-/m1/s1. The Hall–Kier alpha value is -1.68. The number of hydrogen-bond acceptors (Lipinski definition) is 3. The number of nitrogens with one attached hydrogen (secondary N) is 1. The maximum absolute atomic E-state index is 11.2. The minimum absolute atomic E-state index is 0.187. The lowest BCUT2D eigenvalue weighted by Gasteiger charge is -2.01. The molecule has 0 saturated carbocycles. The molecule has 0 aliphatic carbocycles. The largest absolute Gasteiger partial charge is 0.393 e. The number of carbonyl (C=O) groups excluding carboxylic acids is 1. The SMILES string of the molecule is C[C@@H](O)CCC(=O)N/N=C\c1ccccc1. The first kappa shape index (κ1) is 12.4. The molecule has 4 heteroatoms. The Kier molecular flexibility index (Phi) is 5.22. The van der Waals surface area contributed by atoms with Crippen LogP contribution in [0.1, 0.15) is 25.3 Å². The van der Waals surface area contributed by atoms with Crippen LogP contribution in [0.5, 0.6) is 0 Å². The molecular weight excluding hydrogens is 204 g/mol. The summed E-state index contributed by atoms with van der Waals surface area (Å²) >= 11 is 0. The fourth-order valence-corrected chi connectivity index (χ4v) is 1.11. The molecule has 0 saturated heterocycles. The van der Waals surface area contributed by atoms with Crippen LogP contribution in [0.2, 0.25) is 0 Å². The molecule has 16 heavy (non-hydrogen) atoms. The molecule has 0 heterocycles. The fraction of sp³-hybridized carbons (Fsp3) is 0.333. The van der Waals surface area contributed by atoms with Gasteiger partial charge >= 0.3 is 0 Å². The van der Waals surface area contributed by atoms with Crippen molar-refractivity contribution in [1.29, 1.82) is 0 Å². The molecule has 1 amide bonds. The van der Waals surface area contributed by atoms with Crippen molar-refractivity contribution in [2.45, 2.75) is 25.9 Å². The van der Waals surface area contributed by atoms with Gasteiger partial charge in [-0.3, -0.25) is 4.79 Å². The Morgan fingerprint density at radius 2 is 2.19 bits per heavy atom. The summed E-state index contributed by atoms with van der Waals surface area (Å²) in [6.07, 6.45) is 1.86. The summed E-state index contributed by atoms with van der Waals surface area (Å²) in [7, 11) is 0. The quantitative estimate of drug-likeness (QED) is 0.580. The van der Waals surface area contributed by atoms with Crippen LogP contribution >= 0.6 is 0 Å². The van der Waals surface area contributed by atoms with E-state index < -0.39 is 6.10 Å². The molecule has 0 radical (unpaired) electrons. The van der Waals surface area contributed by atoms with E-state index in [-0.39, 0.29) is 12.3 Å². The second-order valence-corrected chi connectivity index (χ2v) is 3.59. The van der Waals surface area contributed by atoms with Gasteiger partial charge in [0, 0.05) is 6.42 Å². The number of benzene rings is 1. The average molecular weight is 220 g/mol. The molecule has 0 aromatic heterocycles. The van der Waals surface area contributed by atoms with Gasteiger partial charge in [-0.05, 0) is 18.9 Å². The van der Waals surface area contributed by atoms with Gasteiger partial charge in [0.25, 0.3) is 0 Å². The van der Waals surface area contributed by atoms with Crippen LogP contribution in [0.25, 0.3) is 0 Å². The van der Waals surface area contributed by atoms with Crippen molar-refractivity contribution in [3.8, 4) is 0 Å². The van der Waals surface area contributed by atoms with Crippen molar-refractivity contribution >= 4 is 12.1 Å². The van der Waals surface area contributed by atoms with Crippen molar-refractivity contribution in [2.75, 3.05) is 0 Å². The Labute approximate surface area is 95.0 Å². The molecule has 1 aromatic rings. The Morgan fingerprint density at radius 3 is 2.81 bits per heavy atom. The highest BCUT2D eigenvalue weighted by Crippen LogP contribution is 1.96. The summed E-state index contributed by atoms with van der Waals surface area (Å²) < 4.78 is 0. The van der Waals surface area contributed by atoms with Crippen molar-refractivity contribution in [1.82, 2.24) is 5.43 Å². The van der Waals surface area contributed by atoms with Gasteiger partial charge < -0.3 is 5.11 Å². The van der Waals surface area contributed by atoms with Crippen molar-refractivity contribution < 1.29 is 9.90 Å². The molecule has 86 valence electrons. The van der Waals surface area contributed by atoms with Gasteiger partial charge in [-0.15, -0.1) is 0 Å². The second-order valence-electron chi connectivity index (χ2n) is 3.59. The Morgan fingerprint density at radius 1 is 1.50 bits per heavy atom. The monoisotopic (exact) mass is 220 g/mol. The fourth-order valence-electron chi connectivity index (χ4n) is 1.11. The summed E-state index contributed by atoms with van der Waals surface area (Å²) in [6.45, 7) is 1.65. The van der Waals surface area contributed by atoms with Gasteiger partial charge in [0.1, 0.15) is 0 Å². The van der Waals surface area contributed by atoms with Crippen LogP contribution in [0.4, 0.5) is 0 Å². The third-order valence-electron chi connectivity index (χ3n) is 1.99. The number of hydrazone groups is 1. The number of hydrogen-bond donors (Lipinski definition) is 2. The van der Waals surface area contributed by atoms with Gasteiger partial charge in [-0.25, -0.2) is 5.43 Å². The minimum atomic E-state index is -0.455. The van der Waals surface area contributed by atoms with Crippen molar-refractivity contribution in [3.63, 3.8) is 0 Å². The van der Waals surface area contributed by atoms with E-state index in [1.165, 1.54) is 0 Å². The van der Waals surface area contributed by atoms with Gasteiger partial charge in [0.15, 0.2) is 0 Å². The number of amides is 1. The molecule has 1 atom stereocenters. The predicted molar refractivity (Wildman–Crippen MR) is 63.1 cm³/mol. The lowest BCUT2D eigenvalue weighted by Crippen LogP contribution is -2.18. The predicted octanol–water partition coefficient (Wildman–Crippen LogP) is 1.30. The van der Waals surface area contributed by atoms with Crippen molar-refractivity contribution in [3.05, 3.63) is 35.9 Å². The molecule has 1 rings (SSSR count). The molecule has 2 N–H and O–H groups in total. The maximum atomic E-state index is 11.2. The number of aliphatic hydroxyl groups is 1. The van der Waals surface area contributed by atoms with E-state index in [2.05, 4.69) is 10.5 Å². The molecule has 0 aliphatic rings. The third kappa shape index (κ3) is 5.26. The van der Waals surface area contributed by atoms with E-state index in [1.54, 1.807) is 13.1 Å². The van der Waals surface area contributed by atoms with E-state index >= 15 is 0 Å². The molecule has 0 unspecified atom stereocenters. The molecule has 0 aliphatic heterocycles. The molecule has 1 aromatic carbocycles. The van der Waals surface area contributed by atoms with E-state index in [1.807, 2.05) is 30.3 Å². The lowest BCUT2D eigenvalue weighted by molar-refractivity contribution is -0.121. The normalized spacial score (nSPS) is 12.6. The molecular formula is C12H16N2O2. The van der Waals surface area contributed by atoms with E-state index in [0.29, 0.717) is 6.42 Å². The summed E-state index contributed by atoms with van der Waals surface area (Å²) in [6, 6.07) is 9.50. The molecule has 0 bridgehead atoms. The topological polar surface area (TPSA) is 61.7 Å². The maximum Gasteiger partial charge on any atom is 0.240 e. The van der Waals surface area contributed by atoms with E-state index in [4.69, 9.17) is 5.11 Å². The average Bonchev–Trinajstić information content (AvgIpc) is 2.28. The number of aliphatic hydroxyl groups excluding tert-OH is 1. The third-order valence-corrected chi connectivity index (χ3v) is 1.99. The Bertz CT molecular complexity index is 347. The summed E-state index contributed by atoms with van der Waals surface area (Å²) in [4.78, 5) is 11.2. The van der Waals surface area contributed by atoms with Gasteiger partial charge in [-0.2, -0.15) is 5.10 Å². The summed E-state index contributed by atoms with van der Waals surface area (Å²) in [5, 5.41) is 12.8. The van der Waals surface area contributed by atoms with E-state index in [0.717, 1.165) is 5.56 Å². The number of carbonyl (C=O) groups is 1. The Balaban J connectivity index is 2.29. The number of rotatable bonds is 5. The zero-order valence-corrected chi connectivity index (χ0v) is 9.26. The van der Waals surface area contributed by atoms with Gasteiger partial charge in [-0.1, -0.05) is 30.3 Å².